The molecule has 0 aromatic heterocycles. The van der Waals surface area contributed by atoms with Crippen molar-refractivity contribution in [2.75, 3.05) is 47.6 Å². The molecule has 1 aliphatic heterocycles. The third kappa shape index (κ3) is 7.01. The summed E-state index contributed by atoms with van der Waals surface area (Å²) in [7, 11) is 4.59. The van der Waals surface area contributed by atoms with Crippen molar-refractivity contribution in [2.24, 2.45) is 4.99 Å². The highest BCUT2D eigenvalue weighted by atomic mass is 16.5. The standard InChI is InChI=1S/C20H31N3O5/c1-21-20(22-9-5-10-27-14-16-6-4-11-28-16)23-13-15-7-8-18(25-2)17(12-15)19(24)26-3/h7-8,12,16H,4-6,9-11,13-14H2,1-3H3,(H2,21,22,23). The highest BCUT2D eigenvalue weighted by Gasteiger charge is 2.15. The van der Waals surface area contributed by atoms with Crippen LogP contribution >= 0.6 is 0 Å². The van der Waals surface area contributed by atoms with Crippen LogP contribution in [0.25, 0.3) is 0 Å². The summed E-state index contributed by atoms with van der Waals surface area (Å²) in [5, 5.41) is 6.48. The predicted octanol–water partition coefficient (Wildman–Crippen LogP) is 1.73. The number of hydrogen-bond donors (Lipinski definition) is 2. The highest BCUT2D eigenvalue weighted by molar-refractivity contribution is 5.92. The number of rotatable bonds is 10. The second kappa shape index (κ2) is 12.2. The Kier molecular flexibility index (Phi) is 9.57. The van der Waals surface area contributed by atoms with Gasteiger partial charge in [0, 0.05) is 33.4 Å². The number of ether oxygens (including phenoxy) is 4. The van der Waals surface area contributed by atoms with E-state index in [0.29, 0.717) is 37.0 Å². The zero-order valence-electron chi connectivity index (χ0n) is 17.0. The predicted molar refractivity (Wildman–Crippen MR) is 107 cm³/mol. The van der Waals surface area contributed by atoms with Gasteiger partial charge >= 0.3 is 5.97 Å². The molecular weight excluding hydrogens is 362 g/mol. The van der Waals surface area contributed by atoms with Gasteiger partial charge in [0.05, 0.1) is 26.9 Å². The van der Waals surface area contributed by atoms with E-state index < -0.39 is 5.97 Å². The van der Waals surface area contributed by atoms with E-state index in [1.54, 1.807) is 19.2 Å². The van der Waals surface area contributed by atoms with Crippen molar-refractivity contribution in [3.8, 4) is 5.75 Å². The van der Waals surface area contributed by atoms with E-state index in [-0.39, 0.29) is 6.10 Å². The monoisotopic (exact) mass is 393 g/mol. The minimum atomic E-state index is -0.427. The fourth-order valence-electron chi connectivity index (χ4n) is 2.91. The largest absolute Gasteiger partial charge is 0.496 e. The van der Waals surface area contributed by atoms with E-state index in [1.165, 1.54) is 14.2 Å². The van der Waals surface area contributed by atoms with Gasteiger partial charge in [0.2, 0.25) is 0 Å². The van der Waals surface area contributed by atoms with Crippen LogP contribution in [0.1, 0.15) is 35.2 Å². The molecule has 2 rings (SSSR count). The number of carbonyl (C=O) groups excluding carboxylic acids is 1. The molecule has 1 aromatic rings. The summed E-state index contributed by atoms with van der Waals surface area (Å²) in [5.74, 6) is 0.750. The molecule has 1 saturated heterocycles. The Bertz CT molecular complexity index is 645. The van der Waals surface area contributed by atoms with Crippen LogP contribution < -0.4 is 15.4 Å². The lowest BCUT2D eigenvalue weighted by molar-refractivity contribution is 0.0168. The van der Waals surface area contributed by atoms with Crippen LogP contribution in [-0.4, -0.2) is 65.7 Å². The quantitative estimate of drug-likeness (QED) is 0.271. The van der Waals surface area contributed by atoms with Crippen molar-refractivity contribution in [1.29, 1.82) is 0 Å². The fraction of sp³-hybridized carbons (Fsp3) is 0.600. The maximum Gasteiger partial charge on any atom is 0.341 e. The number of benzene rings is 1. The fourth-order valence-corrected chi connectivity index (χ4v) is 2.91. The number of nitrogens with zero attached hydrogens (tertiary/aromatic N) is 1. The third-order valence-corrected chi connectivity index (χ3v) is 4.44. The van der Waals surface area contributed by atoms with Gasteiger partial charge in [-0.2, -0.15) is 0 Å². The third-order valence-electron chi connectivity index (χ3n) is 4.44. The molecule has 28 heavy (non-hydrogen) atoms. The van der Waals surface area contributed by atoms with Gasteiger partial charge in [0.25, 0.3) is 0 Å². The molecule has 2 N–H and O–H groups in total. The molecule has 1 atom stereocenters. The summed E-state index contributed by atoms with van der Waals surface area (Å²) in [4.78, 5) is 16.1. The summed E-state index contributed by atoms with van der Waals surface area (Å²) in [6, 6.07) is 5.40. The summed E-state index contributed by atoms with van der Waals surface area (Å²) >= 11 is 0. The number of carbonyl (C=O) groups is 1. The van der Waals surface area contributed by atoms with Crippen molar-refractivity contribution in [1.82, 2.24) is 10.6 Å². The Hall–Kier alpha value is -2.32. The van der Waals surface area contributed by atoms with Gasteiger partial charge in [0.1, 0.15) is 11.3 Å². The molecule has 0 bridgehead atoms. The van der Waals surface area contributed by atoms with E-state index in [4.69, 9.17) is 18.9 Å². The smallest absolute Gasteiger partial charge is 0.341 e. The SMILES string of the molecule is CN=C(NCCCOCC1CCCO1)NCc1ccc(OC)c(C(=O)OC)c1. The lowest BCUT2D eigenvalue weighted by Crippen LogP contribution is -2.37. The molecule has 1 heterocycles. The first-order valence-corrected chi connectivity index (χ1v) is 9.57. The van der Waals surface area contributed by atoms with Crippen LogP contribution in [0.4, 0.5) is 0 Å². The van der Waals surface area contributed by atoms with Gasteiger partial charge in [0.15, 0.2) is 5.96 Å². The molecule has 0 saturated carbocycles. The molecule has 1 aliphatic rings. The Morgan fingerprint density at radius 2 is 2.18 bits per heavy atom. The van der Waals surface area contributed by atoms with Crippen LogP contribution in [-0.2, 0) is 20.8 Å². The van der Waals surface area contributed by atoms with Gasteiger partial charge in [-0.25, -0.2) is 4.79 Å². The van der Waals surface area contributed by atoms with Crippen LogP contribution in [0.3, 0.4) is 0 Å². The molecule has 1 aromatic carbocycles. The summed E-state index contributed by atoms with van der Waals surface area (Å²) in [6.45, 7) is 3.48. The van der Waals surface area contributed by atoms with Crippen LogP contribution in [0, 0.1) is 0 Å². The zero-order chi connectivity index (χ0) is 20.2. The van der Waals surface area contributed by atoms with Crippen molar-refractivity contribution in [3.63, 3.8) is 0 Å². The molecule has 0 spiro atoms. The number of methoxy groups -OCH3 is 2. The number of guanidine groups is 1. The Morgan fingerprint density at radius 3 is 2.86 bits per heavy atom. The molecular formula is C20H31N3O5. The van der Waals surface area contributed by atoms with Gasteiger partial charge < -0.3 is 29.6 Å². The van der Waals surface area contributed by atoms with Crippen LogP contribution in [0.5, 0.6) is 5.75 Å². The second-order valence-corrected chi connectivity index (χ2v) is 6.44. The Morgan fingerprint density at radius 1 is 1.32 bits per heavy atom. The molecule has 8 nitrogen and oxygen atoms in total. The average molecular weight is 393 g/mol. The minimum Gasteiger partial charge on any atom is -0.496 e. The van der Waals surface area contributed by atoms with Crippen LogP contribution in [0.2, 0.25) is 0 Å². The number of hydrogen-bond acceptors (Lipinski definition) is 6. The van der Waals surface area contributed by atoms with E-state index in [1.807, 2.05) is 6.07 Å². The number of nitrogens with one attached hydrogen (secondary N) is 2. The highest BCUT2D eigenvalue weighted by Crippen LogP contribution is 2.20. The van der Waals surface area contributed by atoms with Crippen molar-refractivity contribution in [3.05, 3.63) is 29.3 Å². The minimum absolute atomic E-state index is 0.266. The first-order valence-electron chi connectivity index (χ1n) is 9.57. The summed E-state index contributed by atoms with van der Waals surface area (Å²) in [6.07, 6.45) is 3.37. The molecule has 8 heteroatoms. The topological polar surface area (TPSA) is 90.4 Å². The lowest BCUT2D eigenvalue weighted by Gasteiger charge is -2.14. The summed E-state index contributed by atoms with van der Waals surface area (Å²) in [5.41, 5.74) is 1.32. The zero-order valence-corrected chi connectivity index (χ0v) is 17.0. The maximum absolute atomic E-state index is 11.9. The molecule has 0 amide bonds. The molecule has 156 valence electrons. The van der Waals surface area contributed by atoms with Crippen molar-refractivity contribution >= 4 is 11.9 Å². The summed E-state index contributed by atoms with van der Waals surface area (Å²) < 4.78 is 21.2. The Labute approximate surface area is 166 Å². The average Bonchev–Trinajstić information content (AvgIpc) is 3.25. The van der Waals surface area contributed by atoms with E-state index >= 15 is 0 Å². The van der Waals surface area contributed by atoms with Crippen molar-refractivity contribution in [2.45, 2.75) is 31.9 Å². The van der Waals surface area contributed by atoms with E-state index in [0.717, 1.165) is 38.0 Å². The van der Waals surface area contributed by atoms with Gasteiger partial charge in [-0.05, 0) is 37.0 Å². The number of esters is 1. The first-order chi connectivity index (χ1) is 13.7. The van der Waals surface area contributed by atoms with Gasteiger partial charge in [-0.1, -0.05) is 6.07 Å². The molecule has 0 aliphatic carbocycles. The first kappa shape index (κ1) is 22.0. The molecule has 1 fully saturated rings. The normalized spacial score (nSPS) is 16.7. The van der Waals surface area contributed by atoms with E-state index in [2.05, 4.69) is 15.6 Å². The van der Waals surface area contributed by atoms with Crippen LogP contribution in [0.15, 0.2) is 23.2 Å². The molecule has 1 unspecified atom stereocenters. The number of aliphatic imine (C=N–C) groups is 1. The van der Waals surface area contributed by atoms with Gasteiger partial charge in [-0.3, -0.25) is 4.99 Å². The maximum atomic E-state index is 11.9. The van der Waals surface area contributed by atoms with Crippen molar-refractivity contribution < 1.29 is 23.7 Å². The van der Waals surface area contributed by atoms with E-state index in [9.17, 15) is 4.79 Å². The Balaban J connectivity index is 1.70. The molecule has 0 radical (unpaired) electrons. The second-order valence-electron chi connectivity index (χ2n) is 6.44. The van der Waals surface area contributed by atoms with Gasteiger partial charge in [-0.15, -0.1) is 0 Å². The lowest BCUT2D eigenvalue weighted by atomic mass is 10.1.